The first-order valence-corrected chi connectivity index (χ1v) is 12.9. The molecule has 0 fully saturated rings. The highest BCUT2D eigenvalue weighted by molar-refractivity contribution is 7.91. The Labute approximate surface area is 216 Å². The van der Waals surface area contributed by atoms with Gasteiger partial charge in [-0.1, -0.05) is 12.1 Å². The van der Waals surface area contributed by atoms with Gasteiger partial charge in [0.15, 0.2) is 5.65 Å². The molecule has 0 unspecified atom stereocenters. The number of thiophene rings is 1. The van der Waals surface area contributed by atoms with Crippen LogP contribution in [0.25, 0.3) is 16.9 Å². The molecule has 0 aliphatic rings. The van der Waals surface area contributed by atoms with E-state index in [0.29, 0.717) is 4.88 Å². The normalized spacial score (nSPS) is 12.3. The molecule has 3 heterocycles. The summed E-state index contributed by atoms with van der Waals surface area (Å²) < 4.78 is 93.7. The van der Waals surface area contributed by atoms with Gasteiger partial charge in [-0.15, -0.1) is 11.3 Å². The summed E-state index contributed by atoms with van der Waals surface area (Å²) in [6.45, 7) is -1.20. The van der Waals surface area contributed by atoms with Gasteiger partial charge in [0.05, 0.1) is 35.4 Å². The quantitative estimate of drug-likeness (QED) is 0.231. The highest BCUT2D eigenvalue weighted by Crippen LogP contribution is 2.32. The van der Waals surface area contributed by atoms with E-state index in [4.69, 9.17) is 10.2 Å². The fourth-order valence-corrected chi connectivity index (χ4v) is 5.65. The number of aromatic nitrogens is 3. The Balaban J connectivity index is 1.64. The molecule has 4 aromatic rings. The maximum Gasteiger partial charge on any atom is 0.416 e. The molecule has 200 valence electrons. The molecular weight excluding hydrogens is 555 g/mol. The van der Waals surface area contributed by atoms with Crippen LogP contribution in [-0.4, -0.2) is 52.5 Å². The summed E-state index contributed by atoms with van der Waals surface area (Å²) in [5, 5.41) is 22.2. The Morgan fingerprint density at radius 3 is 2.32 bits per heavy atom. The second-order valence-electron chi connectivity index (χ2n) is 7.79. The second kappa shape index (κ2) is 10.8. The summed E-state index contributed by atoms with van der Waals surface area (Å²) in [6.07, 6.45) is -7.53. The van der Waals surface area contributed by atoms with Gasteiger partial charge in [0.1, 0.15) is 15.6 Å². The molecule has 3 aromatic heterocycles. The number of rotatable bonds is 7. The zero-order valence-electron chi connectivity index (χ0n) is 18.9. The number of benzene rings is 1. The number of aliphatic hydroxyl groups is 2. The maximum atomic E-state index is 13.8. The van der Waals surface area contributed by atoms with E-state index in [9.17, 15) is 30.4 Å². The number of halogens is 5. The van der Waals surface area contributed by atoms with Crippen molar-refractivity contribution >= 4 is 27.0 Å². The molecule has 0 atom stereocenters. The van der Waals surface area contributed by atoms with Crippen LogP contribution in [0.1, 0.15) is 28.3 Å². The number of hydrogen-bond acceptors (Lipinski definition) is 7. The predicted octanol–water partition coefficient (Wildman–Crippen LogP) is 3.45. The highest BCUT2D eigenvalue weighted by Gasteiger charge is 2.30. The molecule has 1 aromatic carbocycles. The van der Waals surface area contributed by atoms with Gasteiger partial charge in [0, 0.05) is 11.6 Å². The van der Waals surface area contributed by atoms with Crippen molar-refractivity contribution in [1.82, 2.24) is 19.3 Å². The molecule has 4 rings (SSSR count). The van der Waals surface area contributed by atoms with Crippen molar-refractivity contribution in [3.63, 3.8) is 0 Å². The fraction of sp³-hybridized carbons (Fsp3) is 0.217. The Bertz CT molecular complexity index is 1620. The van der Waals surface area contributed by atoms with Crippen LogP contribution < -0.4 is 4.72 Å². The lowest BCUT2D eigenvalue weighted by molar-refractivity contribution is -0.137. The van der Waals surface area contributed by atoms with Gasteiger partial charge in [0.2, 0.25) is 0 Å². The Hall–Kier alpha value is -3.42. The number of aliphatic hydroxyl groups excluding tert-OH is 2. The standard InChI is InChI=1S/C23H17F5N4O4S2/c24-22(25)19-10-18(13-1-3-14(4-2-13)23(26,27)28)29-20-9-15(30-32(19)20)5-6-17-7-8-21(37-17)38(35,36)31-16(11-33)12-34/h1-4,7-10,16,22,31,33-34H,11-12H2. The van der Waals surface area contributed by atoms with E-state index in [2.05, 4.69) is 26.6 Å². The molecule has 0 bridgehead atoms. The zero-order chi connectivity index (χ0) is 27.7. The molecule has 38 heavy (non-hydrogen) atoms. The van der Waals surface area contributed by atoms with Gasteiger partial charge >= 0.3 is 6.18 Å². The number of alkyl halides is 5. The van der Waals surface area contributed by atoms with Crippen molar-refractivity contribution in [2.24, 2.45) is 0 Å². The number of nitrogens with zero attached hydrogens (tertiary/aromatic N) is 3. The van der Waals surface area contributed by atoms with E-state index in [1.54, 1.807) is 0 Å². The lowest BCUT2D eigenvalue weighted by Crippen LogP contribution is -2.39. The Kier molecular flexibility index (Phi) is 7.81. The van der Waals surface area contributed by atoms with Crippen molar-refractivity contribution in [1.29, 1.82) is 0 Å². The summed E-state index contributed by atoms with van der Waals surface area (Å²) in [6, 6.07) is 7.89. The lowest BCUT2D eigenvalue weighted by atomic mass is 10.1. The van der Waals surface area contributed by atoms with E-state index >= 15 is 0 Å². The van der Waals surface area contributed by atoms with Crippen LogP contribution in [-0.2, 0) is 16.2 Å². The van der Waals surface area contributed by atoms with Crippen LogP contribution >= 0.6 is 11.3 Å². The third kappa shape index (κ3) is 6.00. The molecule has 8 nitrogen and oxygen atoms in total. The first-order valence-electron chi connectivity index (χ1n) is 10.6. The SMILES string of the molecule is O=S(=O)(NC(CO)CO)c1ccc(C#Cc2cc3nc(-c4ccc(C(F)(F)F)cc4)cc(C(F)F)n3n2)s1. The zero-order valence-corrected chi connectivity index (χ0v) is 20.6. The van der Waals surface area contributed by atoms with Crippen molar-refractivity contribution in [3.05, 3.63) is 70.4 Å². The highest BCUT2D eigenvalue weighted by atomic mass is 32.2. The molecule has 0 aliphatic carbocycles. The van der Waals surface area contributed by atoms with E-state index in [1.165, 1.54) is 18.2 Å². The topological polar surface area (TPSA) is 117 Å². The molecule has 0 saturated carbocycles. The number of nitrogens with one attached hydrogen (secondary N) is 1. The molecule has 0 aliphatic heterocycles. The lowest BCUT2D eigenvalue weighted by Gasteiger charge is -2.12. The van der Waals surface area contributed by atoms with Crippen LogP contribution in [0.5, 0.6) is 0 Å². The van der Waals surface area contributed by atoms with Gasteiger partial charge in [-0.2, -0.15) is 18.3 Å². The Morgan fingerprint density at radius 2 is 1.71 bits per heavy atom. The minimum Gasteiger partial charge on any atom is -0.395 e. The minimum atomic E-state index is -4.55. The van der Waals surface area contributed by atoms with Crippen molar-refractivity contribution < 1.29 is 40.6 Å². The summed E-state index contributed by atoms with van der Waals surface area (Å²) in [5.41, 5.74) is -1.19. The van der Waals surface area contributed by atoms with Crippen LogP contribution in [0.2, 0.25) is 0 Å². The summed E-state index contributed by atoms with van der Waals surface area (Å²) >= 11 is 0.802. The molecular formula is C23H17F5N4O4S2. The second-order valence-corrected chi connectivity index (χ2v) is 10.8. The summed E-state index contributed by atoms with van der Waals surface area (Å²) in [4.78, 5) is 4.53. The van der Waals surface area contributed by atoms with E-state index in [1.807, 2.05) is 0 Å². The van der Waals surface area contributed by atoms with Crippen molar-refractivity contribution in [2.75, 3.05) is 13.2 Å². The van der Waals surface area contributed by atoms with Gasteiger partial charge in [-0.3, -0.25) is 0 Å². The number of hydrogen-bond donors (Lipinski definition) is 3. The number of sulfonamides is 1. The van der Waals surface area contributed by atoms with Gasteiger partial charge in [-0.25, -0.2) is 31.4 Å². The van der Waals surface area contributed by atoms with Crippen molar-refractivity contribution in [2.45, 2.75) is 22.9 Å². The Morgan fingerprint density at radius 1 is 1.03 bits per heavy atom. The van der Waals surface area contributed by atoms with Crippen LogP contribution in [0.4, 0.5) is 22.0 Å². The molecule has 0 saturated heterocycles. The molecule has 0 radical (unpaired) electrons. The number of fused-ring (bicyclic) bond motifs is 1. The van der Waals surface area contributed by atoms with Gasteiger partial charge < -0.3 is 10.2 Å². The molecule has 15 heteroatoms. The average Bonchev–Trinajstić information content (AvgIpc) is 3.52. The molecule has 0 spiro atoms. The molecule has 3 N–H and O–H groups in total. The smallest absolute Gasteiger partial charge is 0.395 e. The molecule has 0 amide bonds. The monoisotopic (exact) mass is 572 g/mol. The third-order valence-corrected chi connectivity index (χ3v) is 8.12. The first kappa shape index (κ1) is 27.6. The van der Waals surface area contributed by atoms with Crippen LogP contribution in [0, 0.1) is 11.8 Å². The fourth-order valence-electron chi connectivity index (χ4n) is 3.26. The first-order chi connectivity index (χ1) is 17.9. The van der Waals surface area contributed by atoms with Gasteiger partial charge in [-0.05, 0) is 42.2 Å². The largest absolute Gasteiger partial charge is 0.416 e. The van der Waals surface area contributed by atoms with Crippen LogP contribution in [0.15, 0.2) is 52.7 Å². The average molecular weight is 573 g/mol. The third-order valence-electron chi connectivity index (χ3n) is 5.11. The predicted molar refractivity (Wildman–Crippen MR) is 127 cm³/mol. The van der Waals surface area contributed by atoms with Crippen molar-refractivity contribution in [3.8, 4) is 23.1 Å². The van der Waals surface area contributed by atoms with E-state index in [0.717, 1.165) is 46.2 Å². The van der Waals surface area contributed by atoms with E-state index < -0.39 is 53.1 Å². The minimum absolute atomic E-state index is 0.0142. The summed E-state index contributed by atoms with van der Waals surface area (Å²) in [5.74, 6) is 5.34. The van der Waals surface area contributed by atoms with Gasteiger partial charge in [0.25, 0.3) is 16.4 Å². The van der Waals surface area contributed by atoms with E-state index in [-0.39, 0.29) is 26.8 Å². The summed E-state index contributed by atoms with van der Waals surface area (Å²) in [7, 11) is -4.02. The maximum absolute atomic E-state index is 13.8. The van der Waals surface area contributed by atoms with Crippen LogP contribution in [0.3, 0.4) is 0 Å².